The summed E-state index contributed by atoms with van der Waals surface area (Å²) in [6.45, 7) is 12.4. The predicted octanol–water partition coefficient (Wildman–Crippen LogP) is 6.26. The number of unbranched alkanes of at least 4 members (excludes halogenated alkanes) is 4. The summed E-state index contributed by atoms with van der Waals surface area (Å²) >= 11 is 0. The highest BCUT2D eigenvalue weighted by Crippen LogP contribution is 2.48. The van der Waals surface area contributed by atoms with E-state index in [-0.39, 0.29) is 11.1 Å². The largest absolute Gasteiger partial charge is 0.313 e. The number of hydrogen-bond acceptors (Lipinski definition) is 2. The van der Waals surface area contributed by atoms with E-state index in [1.807, 2.05) is 12.2 Å². The Bertz CT molecular complexity index is 309. The van der Waals surface area contributed by atoms with Crippen LogP contribution < -0.4 is 0 Å². The van der Waals surface area contributed by atoms with Gasteiger partial charge in [-0.15, -0.1) is 13.2 Å². The summed E-state index contributed by atoms with van der Waals surface area (Å²) in [7, 11) is 0. The lowest BCUT2D eigenvalue weighted by molar-refractivity contribution is -0.215. The van der Waals surface area contributed by atoms with Crippen molar-refractivity contribution in [1.29, 1.82) is 0 Å². The third kappa shape index (κ3) is 4.45. The first-order valence-electron chi connectivity index (χ1n) is 9.32. The maximum Gasteiger partial charge on any atom is 0.0501 e. The fraction of sp³-hybridized carbons (Fsp3) is 0.800. The van der Waals surface area contributed by atoms with Crippen molar-refractivity contribution in [2.45, 2.75) is 102 Å². The van der Waals surface area contributed by atoms with Gasteiger partial charge in [0, 0.05) is 0 Å². The van der Waals surface area contributed by atoms with E-state index < -0.39 is 0 Å². The summed E-state index contributed by atoms with van der Waals surface area (Å²) in [4.78, 5) is 0. The topological polar surface area (TPSA) is 23.5 Å². The lowest BCUT2D eigenvalue weighted by Gasteiger charge is -2.43. The smallest absolute Gasteiger partial charge is 0.0501 e. The van der Waals surface area contributed by atoms with E-state index >= 15 is 0 Å². The molecule has 1 aliphatic heterocycles. The van der Waals surface area contributed by atoms with Gasteiger partial charge in [-0.2, -0.15) is 5.06 Å². The molecule has 0 aromatic heterocycles. The van der Waals surface area contributed by atoms with Crippen LogP contribution in [0.5, 0.6) is 0 Å². The van der Waals surface area contributed by atoms with Gasteiger partial charge in [-0.1, -0.05) is 64.5 Å². The zero-order valence-electron chi connectivity index (χ0n) is 14.9. The third-order valence-corrected chi connectivity index (χ3v) is 5.49. The van der Waals surface area contributed by atoms with Gasteiger partial charge in [0.1, 0.15) is 0 Å². The monoisotopic (exact) mass is 307 g/mol. The van der Waals surface area contributed by atoms with E-state index in [2.05, 4.69) is 27.0 Å². The van der Waals surface area contributed by atoms with Crippen LogP contribution in [0.15, 0.2) is 25.3 Å². The van der Waals surface area contributed by atoms with Crippen molar-refractivity contribution in [2.24, 2.45) is 0 Å². The van der Waals surface area contributed by atoms with E-state index in [0.717, 1.165) is 38.5 Å². The molecule has 0 aromatic carbocycles. The van der Waals surface area contributed by atoms with Gasteiger partial charge in [0.25, 0.3) is 0 Å². The van der Waals surface area contributed by atoms with E-state index in [1.165, 1.54) is 38.5 Å². The van der Waals surface area contributed by atoms with Crippen molar-refractivity contribution in [2.75, 3.05) is 0 Å². The Labute approximate surface area is 138 Å². The average molecular weight is 308 g/mol. The average Bonchev–Trinajstić information content (AvgIpc) is 2.76. The molecule has 0 bridgehead atoms. The second kappa shape index (κ2) is 9.52. The minimum atomic E-state index is -0.0911. The first-order chi connectivity index (χ1) is 10.6. The zero-order chi connectivity index (χ0) is 16.5. The fourth-order valence-electron chi connectivity index (χ4n) is 4.17. The van der Waals surface area contributed by atoms with E-state index in [1.54, 1.807) is 5.06 Å². The molecular weight excluding hydrogens is 270 g/mol. The van der Waals surface area contributed by atoms with Crippen LogP contribution in [0.3, 0.4) is 0 Å². The molecule has 0 amide bonds. The van der Waals surface area contributed by atoms with Crippen molar-refractivity contribution in [1.82, 2.24) is 5.06 Å². The van der Waals surface area contributed by atoms with Crippen LogP contribution in [-0.2, 0) is 0 Å². The Morgan fingerprint density at radius 3 is 1.59 bits per heavy atom. The van der Waals surface area contributed by atoms with Gasteiger partial charge in [0.2, 0.25) is 0 Å². The van der Waals surface area contributed by atoms with Crippen LogP contribution >= 0.6 is 0 Å². The molecule has 1 heterocycles. The molecule has 0 saturated carbocycles. The standard InChI is InChI=1S/C20H37NO/c1-5-9-11-15-19(13-7-3)17-18-20(14-8-4,21(19)22)16-12-10-6-2/h7-8,22H,3-6,9-18H2,1-2H3. The van der Waals surface area contributed by atoms with E-state index in [9.17, 15) is 5.21 Å². The quantitative estimate of drug-likeness (QED) is 0.339. The van der Waals surface area contributed by atoms with Gasteiger partial charge < -0.3 is 5.21 Å². The van der Waals surface area contributed by atoms with Crippen molar-refractivity contribution < 1.29 is 5.21 Å². The summed E-state index contributed by atoms with van der Waals surface area (Å²) in [5.74, 6) is 0. The van der Waals surface area contributed by atoms with Crippen LogP contribution in [-0.4, -0.2) is 21.3 Å². The Balaban J connectivity index is 2.87. The number of hydrogen-bond donors (Lipinski definition) is 1. The molecule has 2 heteroatoms. The fourth-order valence-corrected chi connectivity index (χ4v) is 4.17. The lowest BCUT2D eigenvalue weighted by Crippen LogP contribution is -2.52. The molecule has 0 aliphatic carbocycles. The second-order valence-electron chi connectivity index (χ2n) is 7.16. The number of nitrogens with zero attached hydrogens (tertiary/aromatic N) is 1. The van der Waals surface area contributed by atoms with Crippen molar-refractivity contribution in [3.63, 3.8) is 0 Å². The molecular formula is C20H37NO. The molecule has 2 atom stereocenters. The van der Waals surface area contributed by atoms with Crippen molar-refractivity contribution in [3.8, 4) is 0 Å². The highest BCUT2D eigenvalue weighted by atomic mass is 16.5. The molecule has 2 unspecified atom stereocenters. The van der Waals surface area contributed by atoms with Crippen molar-refractivity contribution in [3.05, 3.63) is 25.3 Å². The Kier molecular flexibility index (Phi) is 8.41. The van der Waals surface area contributed by atoms with Crippen LogP contribution in [0.4, 0.5) is 0 Å². The molecule has 1 rings (SSSR count). The van der Waals surface area contributed by atoms with E-state index in [0.29, 0.717) is 0 Å². The van der Waals surface area contributed by atoms with Crippen molar-refractivity contribution >= 4 is 0 Å². The molecule has 1 fully saturated rings. The molecule has 0 spiro atoms. The predicted molar refractivity (Wildman–Crippen MR) is 96.2 cm³/mol. The maximum atomic E-state index is 11.1. The van der Waals surface area contributed by atoms with Crippen LogP contribution in [0.2, 0.25) is 0 Å². The molecule has 22 heavy (non-hydrogen) atoms. The molecule has 1 aliphatic rings. The molecule has 1 N–H and O–H groups in total. The molecule has 1 saturated heterocycles. The van der Waals surface area contributed by atoms with Crippen LogP contribution in [0.1, 0.15) is 90.9 Å². The van der Waals surface area contributed by atoms with Crippen LogP contribution in [0.25, 0.3) is 0 Å². The van der Waals surface area contributed by atoms with Gasteiger partial charge >= 0.3 is 0 Å². The SMILES string of the molecule is C=CCC1(CCCCC)CCC(CC=C)(CCCCC)N1O. The van der Waals surface area contributed by atoms with Crippen LogP contribution in [0, 0.1) is 0 Å². The Morgan fingerprint density at radius 1 is 0.864 bits per heavy atom. The summed E-state index contributed by atoms with van der Waals surface area (Å²) < 4.78 is 0. The molecule has 0 radical (unpaired) electrons. The van der Waals surface area contributed by atoms with Gasteiger partial charge in [0.15, 0.2) is 0 Å². The minimum Gasteiger partial charge on any atom is -0.313 e. The number of rotatable bonds is 12. The lowest BCUT2D eigenvalue weighted by atomic mass is 9.86. The Hall–Kier alpha value is -0.600. The zero-order valence-corrected chi connectivity index (χ0v) is 14.9. The van der Waals surface area contributed by atoms with Gasteiger partial charge in [-0.05, 0) is 38.5 Å². The normalized spacial score (nSPS) is 28.9. The second-order valence-corrected chi connectivity index (χ2v) is 7.16. The summed E-state index contributed by atoms with van der Waals surface area (Å²) in [5, 5.41) is 12.9. The molecule has 2 nitrogen and oxygen atoms in total. The third-order valence-electron chi connectivity index (χ3n) is 5.49. The highest BCUT2D eigenvalue weighted by molar-refractivity contribution is 5.09. The van der Waals surface area contributed by atoms with Gasteiger partial charge in [0.05, 0.1) is 11.1 Å². The van der Waals surface area contributed by atoms with Gasteiger partial charge in [-0.3, -0.25) is 0 Å². The number of hydroxylamine groups is 2. The molecule has 128 valence electrons. The minimum absolute atomic E-state index is 0.0911. The van der Waals surface area contributed by atoms with E-state index in [4.69, 9.17) is 0 Å². The highest BCUT2D eigenvalue weighted by Gasteiger charge is 2.52. The summed E-state index contributed by atoms with van der Waals surface area (Å²) in [6, 6.07) is 0. The first-order valence-corrected chi connectivity index (χ1v) is 9.32. The Morgan fingerprint density at radius 2 is 1.27 bits per heavy atom. The summed E-state index contributed by atoms with van der Waals surface area (Å²) in [6.07, 6.45) is 17.4. The summed E-state index contributed by atoms with van der Waals surface area (Å²) in [5.41, 5.74) is -0.182. The first kappa shape index (κ1) is 19.4. The van der Waals surface area contributed by atoms with Gasteiger partial charge in [-0.25, -0.2) is 0 Å². The maximum absolute atomic E-state index is 11.1. The molecule has 0 aromatic rings.